The summed E-state index contributed by atoms with van der Waals surface area (Å²) in [7, 11) is 0. The van der Waals surface area contributed by atoms with E-state index in [0.29, 0.717) is 11.0 Å². The molecule has 0 saturated carbocycles. The molecule has 72 valence electrons. The van der Waals surface area contributed by atoms with Gasteiger partial charge in [0.25, 0.3) is 0 Å². The summed E-state index contributed by atoms with van der Waals surface area (Å²) in [6.07, 6.45) is -1.35. The van der Waals surface area contributed by atoms with Gasteiger partial charge in [-0.05, 0) is 12.1 Å². The molecule has 0 atom stereocenters. The number of nitrogen functional groups attached to an aromatic ring is 1. The molecule has 1 heterocycles. The maximum absolute atomic E-state index is 10.2. The molecule has 0 aliphatic carbocycles. The number of H-pyrrole nitrogens is 1. The first kappa shape index (κ1) is 8.36. The molecule has 2 aromatic rings. The van der Waals surface area contributed by atoms with Crippen LogP contribution in [0.2, 0.25) is 0 Å². The molecule has 0 fully saturated rings. The number of ether oxygens (including phenoxy) is 1. The van der Waals surface area contributed by atoms with E-state index in [0.717, 1.165) is 0 Å². The molecular formula is C8H7N3O3. The van der Waals surface area contributed by atoms with Crippen LogP contribution in [0.5, 0.6) is 5.75 Å². The smallest absolute Gasteiger partial charge is 0.449 e. The molecule has 0 spiro atoms. The van der Waals surface area contributed by atoms with Gasteiger partial charge in [0.05, 0.1) is 11.0 Å². The van der Waals surface area contributed by atoms with E-state index in [4.69, 9.17) is 10.8 Å². The zero-order chi connectivity index (χ0) is 10.1. The Kier molecular flexibility index (Phi) is 1.74. The Bertz CT molecular complexity index is 492. The molecular weight excluding hydrogens is 186 g/mol. The van der Waals surface area contributed by atoms with Gasteiger partial charge in [0, 0.05) is 6.07 Å². The molecule has 0 radical (unpaired) electrons. The van der Waals surface area contributed by atoms with Crippen LogP contribution in [0.4, 0.5) is 10.7 Å². The average Bonchev–Trinajstić information content (AvgIpc) is 2.42. The number of hydrogen-bond donors (Lipinski definition) is 3. The Morgan fingerprint density at radius 1 is 1.57 bits per heavy atom. The van der Waals surface area contributed by atoms with Gasteiger partial charge in [-0.2, -0.15) is 0 Å². The van der Waals surface area contributed by atoms with E-state index in [1.165, 1.54) is 12.1 Å². The van der Waals surface area contributed by atoms with E-state index in [9.17, 15) is 4.79 Å². The standard InChI is InChI=1S/C8H7N3O3/c9-7-10-5-2-1-4(14-8(12)13)3-6(5)11-7/h1-3H,(H,12,13)(H3,9,10,11). The quantitative estimate of drug-likeness (QED) is 0.466. The Hall–Kier alpha value is -2.24. The predicted octanol–water partition coefficient (Wildman–Crippen LogP) is 1.20. The van der Waals surface area contributed by atoms with Crippen molar-refractivity contribution < 1.29 is 14.6 Å². The van der Waals surface area contributed by atoms with E-state index < -0.39 is 6.16 Å². The summed E-state index contributed by atoms with van der Waals surface area (Å²) in [4.78, 5) is 17.0. The Morgan fingerprint density at radius 3 is 3.07 bits per heavy atom. The van der Waals surface area contributed by atoms with Crippen molar-refractivity contribution in [1.82, 2.24) is 9.97 Å². The van der Waals surface area contributed by atoms with Gasteiger partial charge in [-0.25, -0.2) is 9.78 Å². The summed E-state index contributed by atoms with van der Waals surface area (Å²) in [5, 5.41) is 8.37. The third kappa shape index (κ3) is 1.45. The molecule has 0 saturated heterocycles. The van der Waals surface area contributed by atoms with Crippen molar-refractivity contribution in [2.75, 3.05) is 5.73 Å². The van der Waals surface area contributed by atoms with Gasteiger partial charge < -0.3 is 20.6 Å². The molecule has 6 nitrogen and oxygen atoms in total. The molecule has 0 aliphatic rings. The molecule has 1 aromatic heterocycles. The summed E-state index contributed by atoms with van der Waals surface area (Å²) in [6, 6.07) is 4.66. The first-order valence-electron chi connectivity index (χ1n) is 3.81. The predicted molar refractivity (Wildman–Crippen MR) is 49.2 cm³/mol. The lowest BCUT2D eigenvalue weighted by molar-refractivity contribution is 0.144. The van der Waals surface area contributed by atoms with Crippen LogP contribution >= 0.6 is 0 Å². The van der Waals surface area contributed by atoms with Crippen molar-refractivity contribution in [3.63, 3.8) is 0 Å². The number of carbonyl (C=O) groups is 1. The van der Waals surface area contributed by atoms with Crippen molar-refractivity contribution >= 4 is 23.1 Å². The molecule has 0 unspecified atom stereocenters. The lowest BCUT2D eigenvalue weighted by atomic mass is 10.3. The monoisotopic (exact) mass is 193 g/mol. The Morgan fingerprint density at radius 2 is 2.36 bits per heavy atom. The molecule has 1 aromatic carbocycles. The van der Waals surface area contributed by atoms with E-state index in [1.54, 1.807) is 6.07 Å². The fourth-order valence-electron chi connectivity index (χ4n) is 1.17. The highest BCUT2D eigenvalue weighted by atomic mass is 16.7. The van der Waals surface area contributed by atoms with Crippen LogP contribution in [0, 0.1) is 0 Å². The van der Waals surface area contributed by atoms with Crippen LogP contribution in [0.3, 0.4) is 0 Å². The van der Waals surface area contributed by atoms with Crippen molar-refractivity contribution in [2.45, 2.75) is 0 Å². The number of nitrogens with zero attached hydrogens (tertiary/aromatic N) is 1. The summed E-state index contributed by atoms with van der Waals surface area (Å²) in [5.74, 6) is 0.515. The van der Waals surface area contributed by atoms with E-state index in [1.807, 2.05) is 0 Å². The first-order chi connectivity index (χ1) is 6.65. The van der Waals surface area contributed by atoms with Crippen molar-refractivity contribution in [3.05, 3.63) is 18.2 Å². The topological polar surface area (TPSA) is 101 Å². The number of hydrogen-bond acceptors (Lipinski definition) is 4. The number of aromatic amines is 1. The first-order valence-corrected chi connectivity index (χ1v) is 3.81. The number of rotatable bonds is 1. The maximum atomic E-state index is 10.2. The highest BCUT2D eigenvalue weighted by Gasteiger charge is 2.04. The van der Waals surface area contributed by atoms with Crippen molar-refractivity contribution in [1.29, 1.82) is 0 Å². The molecule has 14 heavy (non-hydrogen) atoms. The van der Waals surface area contributed by atoms with Crippen molar-refractivity contribution in [3.8, 4) is 5.75 Å². The van der Waals surface area contributed by atoms with Gasteiger partial charge in [0.1, 0.15) is 5.75 Å². The summed E-state index contributed by atoms with van der Waals surface area (Å²) >= 11 is 0. The van der Waals surface area contributed by atoms with Gasteiger partial charge in [0.15, 0.2) is 5.95 Å². The second-order valence-electron chi connectivity index (χ2n) is 2.67. The van der Waals surface area contributed by atoms with Gasteiger partial charge in [-0.1, -0.05) is 0 Å². The normalized spacial score (nSPS) is 10.3. The van der Waals surface area contributed by atoms with Crippen molar-refractivity contribution in [2.24, 2.45) is 0 Å². The lowest BCUT2D eigenvalue weighted by Crippen LogP contribution is -2.02. The zero-order valence-electron chi connectivity index (χ0n) is 7.02. The number of imidazole rings is 1. The van der Waals surface area contributed by atoms with Crippen LogP contribution in [0.25, 0.3) is 11.0 Å². The van der Waals surface area contributed by atoms with Gasteiger partial charge >= 0.3 is 6.16 Å². The third-order valence-electron chi connectivity index (χ3n) is 1.68. The number of benzene rings is 1. The number of fused-ring (bicyclic) bond motifs is 1. The number of aromatic nitrogens is 2. The maximum Gasteiger partial charge on any atom is 0.511 e. The van der Waals surface area contributed by atoms with Gasteiger partial charge in [-0.15, -0.1) is 0 Å². The minimum atomic E-state index is -1.35. The van der Waals surface area contributed by atoms with E-state index >= 15 is 0 Å². The molecule has 6 heteroatoms. The molecule has 2 rings (SSSR count). The van der Waals surface area contributed by atoms with Crippen LogP contribution in [-0.4, -0.2) is 21.2 Å². The summed E-state index contributed by atoms with van der Waals surface area (Å²) in [6.45, 7) is 0. The van der Waals surface area contributed by atoms with Gasteiger partial charge in [-0.3, -0.25) is 0 Å². The summed E-state index contributed by atoms with van der Waals surface area (Å²) < 4.78 is 4.46. The number of nitrogens with two attached hydrogens (primary N) is 1. The SMILES string of the molecule is Nc1nc2ccc(OC(=O)O)cc2[nH]1. The minimum Gasteiger partial charge on any atom is -0.449 e. The largest absolute Gasteiger partial charge is 0.511 e. The molecule has 0 aliphatic heterocycles. The second kappa shape index (κ2) is 2.91. The van der Waals surface area contributed by atoms with Crippen LogP contribution in [-0.2, 0) is 0 Å². The van der Waals surface area contributed by atoms with Crippen LogP contribution in [0.1, 0.15) is 0 Å². The second-order valence-corrected chi connectivity index (χ2v) is 2.67. The molecule has 4 N–H and O–H groups in total. The number of carboxylic acid groups (broad SMARTS) is 1. The Labute approximate surface area is 78.3 Å². The van der Waals surface area contributed by atoms with Crippen LogP contribution < -0.4 is 10.5 Å². The fraction of sp³-hybridized carbons (Fsp3) is 0. The number of nitrogens with one attached hydrogen (secondary N) is 1. The lowest BCUT2D eigenvalue weighted by Gasteiger charge is -1.97. The average molecular weight is 193 g/mol. The van der Waals surface area contributed by atoms with E-state index in [-0.39, 0.29) is 11.7 Å². The van der Waals surface area contributed by atoms with Gasteiger partial charge in [0.2, 0.25) is 0 Å². The Balaban J connectivity index is 2.45. The summed E-state index contributed by atoms with van der Waals surface area (Å²) in [5.41, 5.74) is 6.73. The molecule has 0 amide bonds. The highest BCUT2D eigenvalue weighted by Crippen LogP contribution is 2.19. The third-order valence-corrected chi connectivity index (χ3v) is 1.68. The number of anilines is 1. The minimum absolute atomic E-state index is 0.230. The molecule has 0 bridgehead atoms. The fourth-order valence-corrected chi connectivity index (χ4v) is 1.17. The van der Waals surface area contributed by atoms with Crippen LogP contribution in [0.15, 0.2) is 18.2 Å². The zero-order valence-corrected chi connectivity index (χ0v) is 7.02. The van der Waals surface area contributed by atoms with E-state index in [2.05, 4.69) is 14.7 Å². The highest BCUT2D eigenvalue weighted by molar-refractivity contribution is 5.79.